The Morgan fingerprint density at radius 3 is 2.12 bits per heavy atom. The van der Waals surface area contributed by atoms with Crippen molar-refractivity contribution in [1.82, 2.24) is 5.32 Å². The third-order valence-corrected chi connectivity index (χ3v) is 4.60. The summed E-state index contributed by atoms with van der Waals surface area (Å²) in [6.07, 6.45) is 3.45. The molecule has 0 amide bonds. The van der Waals surface area contributed by atoms with E-state index in [-0.39, 0.29) is 5.60 Å². The van der Waals surface area contributed by atoms with Gasteiger partial charge in [0.25, 0.3) is 0 Å². The van der Waals surface area contributed by atoms with E-state index in [9.17, 15) is 9.59 Å². The van der Waals surface area contributed by atoms with E-state index < -0.39 is 11.9 Å². The number of benzene rings is 1. The number of rotatable bonds is 6. The number of hydrogen-bond donors (Lipinski definition) is 3. The monoisotopic (exact) mass is 383 g/mol. The second-order valence-electron chi connectivity index (χ2n) is 6.08. The first-order chi connectivity index (χ1) is 12.3. The van der Waals surface area contributed by atoms with Crippen molar-refractivity contribution in [3.63, 3.8) is 0 Å². The average molecular weight is 384 g/mol. The molecule has 3 N–H and O–H groups in total. The molecule has 0 saturated carbocycles. The largest absolute Gasteiger partial charge is 0.478 e. The summed E-state index contributed by atoms with van der Waals surface area (Å²) in [5.41, 5.74) is 1.04. The molecule has 1 saturated heterocycles. The summed E-state index contributed by atoms with van der Waals surface area (Å²) in [6, 6.07) is 8.10. The van der Waals surface area contributed by atoms with Gasteiger partial charge in [0.05, 0.1) is 5.60 Å². The van der Waals surface area contributed by atoms with Gasteiger partial charge in [0, 0.05) is 23.8 Å². The fourth-order valence-electron chi connectivity index (χ4n) is 3.03. The maximum absolute atomic E-state index is 9.55. The third kappa shape index (κ3) is 7.15. The summed E-state index contributed by atoms with van der Waals surface area (Å²) < 4.78 is 6.12. The molecule has 1 fully saturated rings. The number of carbonyl (C=O) groups is 2. The molecule has 1 atom stereocenters. The van der Waals surface area contributed by atoms with Gasteiger partial charge in [0.1, 0.15) is 0 Å². The lowest BCUT2D eigenvalue weighted by atomic mass is 9.77. The summed E-state index contributed by atoms with van der Waals surface area (Å²) in [6.45, 7) is 7.19. The lowest BCUT2D eigenvalue weighted by Gasteiger charge is -2.40. The second-order valence-corrected chi connectivity index (χ2v) is 6.52. The van der Waals surface area contributed by atoms with Crippen molar-refractivity contribution in [3.8, 4) is 0 Å². The van der Waals surface area contributed by atoms with Gasteiger partial charge in [0.2, 0.25) is 0 Å². The minimum atomic E-state index is -1.26. The van der Waals surface area contributed by atoms with E-state index in [0.717, 1.165) is 24.7 Å². The Balaban J connectivity index is 0.000000359. The first kappa shape index (κ1) is 22.2. The van der Waals surface area contributed by atoms with Crippen LogP contribution in [0.5, 0.6) is 0 Å². The predicted octanol–water partition coefficient (Wildman–Crippen LogP) is 3.30. The van der Waals surface area contributed by atoms with Crippen molar-refractivity contribution >= 4 is 23.5 Å². The highest BCUT2D eigenvalue weighted by Crippen LogP contribution is 2.38. The molecule has 0 aromatic heterocycles. The maximum atomic E-state index is 9.55. The average Bonchev–Trinajstić information content (AvgIpc) is 2.62. The molecule has 1 aromatic rings. The SMILES string of the molecule is CCOC(C)(c1ccc(Cl)cc1)C1CCNCC1.O=C(O)/C=C/C(=O)O. The van der Waals surface area contributed by atoms with Crippen LogP contribution in [0, 0.1) is 5.92 Å². The van der Waals surface area contributed by atoms with E-state index in [0.29, 0.717) is 18.1 Å². The molecule has 0 bridgehead atoms. The Bertz CT molecular complexity index is 595. The summed E-state index contributed by atoms with van der Waals surface area (Å²) in [7, 11) is 0. The molecule has 2 rings (SSSR count). The topological polar surface area (TPSA) is 95.9 Å². The number of piperidine rings is 1. The lowest BCUT2D eigenvalue weighted by molar-refractivity contribution is -0.134. The van der Waals surface area contributed by atoms with Crippen LogP contribution < -0.4 is 5.32 Å². The van der Waals surface area contributed by atoms with Gasteiger partial charge >= 0.3 is 11.9 Å². The number of carboxylic acid groups (broad SMARTS) is 2. The highest BCUT2D eigenvalue weighted by atomic mass is 35.5. The van der Waals surface area contributed by atoms with Crippen molar-refractivity contribution in [2.24, 2.45) is 5.92 Å². The van der Waals surface area contributed by atoms with Crippen LogP contribution in [0.1, 0.15) is 32.3 Å². The molecule has 144 valence electrons. The second kappa shape index (κ2) is 11.0. The first-order valence-electron chi connectivity index (χ1n) is 8.54. The lowest BCUT2D eigenvalue weighted by Crippen LogP contribution is -2.41. The Hall–Kier alpha value is -1.89. The van der Waals surface area contributed by atoms with Gasteiger partial charge in [-0.3, -0.25) is 0 Å². The summed E-state index contributed by atoms with van der Waals surface area (Å²) in [5.74, 6) is -1.94. The number of ether oxygens (including phenoxy) is 1. The first-order valence-corrected chi connectivity index (χ1v) is 8.92. The Morgan fingerprint density at radius 2 is 1.69 bits per heavy atom. The number of halogens is 1. The van der Waals surface area contributed by atoms with E-state index in [1.165, 1.54) is 18.4 Å². The van der Waals surface area contributed by atoms with Gasteiger partial charge in [-0.25, -0.2) is 9.59 Å². The quantitative estimate of drug-likeness (QED) is 0.652. The number of nitrogens with one attached hydrogen (secondary N) is 1. The van der Waals surface area contributed by atoms with Gasteiger partial charge in [-0.2, -0.15) is 0 Å². The normalized spacial score (nSPS) is 17.2. The molecule has 1 unspecified atom stereocenters. The molecule has 1 aromatic carbocycles. The molecule has 7 heteroatoms. The van der Waals surface area contributed by atoms with Crippen LogP contribution >= 0.6 is 11.6 Å². The molecule has 6 nitrogen and oxygen atoms in total. The van der Waals surface area contributed by atoms with Crippen molar-refractivity contribution in [2.75, 3.05) is 19.7 Å². The molecule has 0 radical (unpaired) electrons. The van der Waals surface area contributed by atoms with E-state index in [4.69, 9.17) is 26.6 Å². The number of carboxylic acids is 2. The van der Waals surface area contributed by atoms with E-state index >= 15 is 0 Å². The molecule has 1 aliphatic rings. The maximum Gasteiger partial charge on any atom is 0.328 e. The minimum Gasteiger partial charge on any atom is -0.478 e. The van der Waals surface area contributed by atoms with Crippen LogP contribution in [0.4, 0.5) is 0 Å². The van der Waals surface area contributed by atoms with Crippen molar-refractivity contribution in [2.45, 2.75) is 32.3 Å². The zero-order chi connectivity index (χ0) is 19.6. The van der Waals surface area contributed by atoms with Gasteiger partial charge in [-0.1, -0.05) is 23.7 Å². The molecular weight excluding hydrogens is 358 g/mol. The van der Waals surface area contributed by atoms with Crippen LogP contribution in [0.15, 0.2) is 36.4 Å². The van der Waals surface area contributed by atoms with Crippen LogP contribution in [0.3, 0.4) is 0 Å². The Kier molecular flexibility index (Phi) is 9.34. The molecule has 0 aliphatic carbocycles. The molecule has 1 aliphatic heterocycles. The molecular formula is C19H26ClNO5. The fraction of sp³-hybridized carbons (Fsp3) is 0.474. The summed E-state index contributed by atoms with van der Waals surface area (Å²) in [5, 5.41) is 19.8. The number of aliphatic carboxylic acids is 2. The molecule has 26 heavy (non-hydrogen) atoms. The van der Waals surface area contributed by atoms with Crippen molar-refractivity contribution in [1.29, 1.82) is 0 Å². The zero-order valence-corrected chi connectivity index (χ0v) is 15.8. The minimum absolute atomic E-state index is 0.193. The smallest absolute Gasteiger partial charge is 0.328 e. The summed E-state index contributed by atoms with van der Waals surface area (Å²) >= 11 is 5.97. The van der Waals surface area contributed by atoms with Crippen LogP contribution in [-0.4, -0.2) is 41.8 Å². The van der Waals surface area contributed by atoms with Gasteiger partial charge in [-0.05, 0) is 63.4 Å². The van der Waals surface area contributed by atoms with Crippen LogP contribution in [0.25, 0.3) is 0 Å². The zero-order valence-electron chi connectivity index (χ0n) is 15.1. The van der Waals surface area contributed by atoms with Crippen molar-refractivity contribution in [3.05, 3.63) is 47.0 Å². The highest BCUT2D eigenvalue weighted by molar-refractivity contribution is 6.30. The molecule has 1 heterocycles. The standard InChI is InChI=1S/C15H22ClNO.C4H4O4/c1-3-18-15(2,13-8-10-17-11-9-13)12-4-6-14(16)7-5-12;5-3(6)1-2-4(7)8/h4-7,13,17H,3,8-11H2,1-2H3;1-2H,(H,5,6)(H,7,8)/b;2-1+. The van der Waals surface area contributed by atoms with Gasteiger partial charge in [-0.15, -0.1) is 0 Å². The predicted molar refractivity (Wildman–Crippen MR) is 100 cm³/mol. The van der Waals surface area contributed by atoms with Crippen LogP contribution in [0.2, 0.25) is 5.02 Å². The molecule has 0 spiro atoms. The van der Waals surface area contributed by atoms with E-state index in [1.54, 1.807) is 0 Å². The Morgan fingerprint density at radius 1 is 1.19 bits per heavy atom. The fourth-order valence-corrected chi connectivity index (χ4v) is 3.16. The van der Waals surface area contributed by atoms with E-state index in [1.807, 2.05) is 12.1 Å². The summed E-state index contributed by atoms with van der Waals surface area (Å²) in [4.78, 5) is 19.1. The number of hydrogen-bond acceptors (Lipinski definition) is 4. The van der Waals surface area contributed by atoms with Crippen molar-refractivity contribution < 1.29 is 24.5 Å². The Labute approximate surface area is 158 Å². The van der Waals surface area contributed by atoms with Crippen LogP contribution in [-0.2, 0) is 19.9 Å². The third-order valence-electron chi connectivity index (χ3n) is 4.35. The highest BCUT2D eigenvalue weighted by Gasteiger charge is 2.37. The van der Waals surface area contributed by atoms with E-state index in [2.05, 4.69) is 31.3 Å². The van der Waals surface area contributed by atoms with Gasteiger partial charge in [0.15, 0.2) is 0 Å². The van der Waals surface area contributed by atoms with Gasteiger partial charge < -0.3 is 20.3 Å².